The summed E-state index contributed by atoms with van der Waals surface area (Å²) in [5.74, 6) is -0.514. The van der Waals surface area contributed by atoms with Crippen molar-refractivity contribution in [1.82, 2.24) is 5.32 Å². The third kappa shape index (κ3) is 3.86. The maximum absolute atomic E-state index is 11.6. The van der Waals surface area contributed by atoms with Crippen LogP contribution in [-0.2, 0) is 0 Å². The molecule has 19 heavy (non-hydrogen) atoms. The zero-order valence-corrected chi connectivity index (χ0v) is 11.0. The van der Waals surface area contributed by atoms with Crippen LogP contribution in [0.25, 0.3) is 0 Å². The number of benzene rings is 1. The van der Waals surface area contributed by atoms with Crippen LogP contribution in [0.4, 0.5) is 10.5 Å². The standard InChI is InChI=1S/C13H15ClN2O3/c14-10-4-9(12(17)18)5-11(6-10)16-13(19)15-7-8-2-1-3-8/h4-6,8H,1-3,7H2,(H,17,18)(H2,15,16,19). The van der Waals surface area contributed by atoms with Crippen molar-refractivity contribution in [2.24, 2.45) is 5.92 Å². The van der Waals surface area contributed by atoms with E-state index in [0.717, 1.165) is 12.8 Å². The lowest BCUT2D eigenvalue weighted by molar-refractivity contribution is 0.0697. The topological polar surface area (TPSA) is 78.4 Å². The molecule has 1 aliphatic carbocycles. The van der Waals surface area contributed by atoms with Gasteiger partial charge in [-0.3, -0.25) is 0 Å². The third-order valence-corrected chi connectivity index (χ3v) is 3.40. The van der Waals surface area contributed by atoms with Crippen molar-refractivity contribution in [1.29, 1.82) is 0 Å². The molecule has 0 spiro atoms. The fraction of sp³-hybridized carbons (Fsp3) is 0.385. The first-order valence-electron chi connectivity index (χ1n) is 6.13. The first kappa shape index (κ1) is 13.7. The fourth-order valence-electron chi connectivity index (χ4n) is 1.89. The van der Waals surface area contributed by atoms with Gasteiger partial charge in [0.25, 0.3) is 0 Å². The Morgan fingerprint density at radius 3 is 2.63 bits per heavy atom. The summed E-state index contributed by atoms with van der Waals surface area (Å²) in [6, 6.07) is 3.88. The van der Waals surface area contributed by atoms with E-state index in [-0.39, 0.29) is 16.6 Å². The van der Waals surface area contributed by atoms with E-state index in [1.165, 1.54) is 24.6 Å². The van der Waals surface area contributed by atoms with Gasteiger partial charge in [0, 0.05) is 17.3 Å². The van der Waals surface area contributed by atoms with Crippen LogP contribution < -0.4 is 10.6 Å². The Morgan fingerprint density at radius 2 is 2.05 bits per heavy atom. The van der Waals surface area contributed by atoms with E-state index in [0.29, 0.717) is 18.2 Å². The number of amides is 2. The molecule has 1 fully saturated rings. The summed E-state index contributed by atoms with van der Waals surface area (Å²) in [7, 11) is 0. The zero-order chi connectivity index (χ0) is 13.8. The van der Waals surface area contributed by atoms with Crippen molar-refractivity contribution in [2.75, 3.05) is 11.9 Å². The van der Waals surface area contributed by atoms with Crippen molar-refractivity contribution in [3.63, 3.8) is 0 Å². The minimum Gasteiger partial charge on any atom is -0.478 e. The van der Waals surface area contributed by atoms with Crippen molar-refractivity contribution in [3.05, 3.63) is 28.8 Å². The number of carboxylic acids is 1. The second-order valence-electron chi connectivity index (χ2n) is 4.67. The second kappa shape index (κ2) is 5.93. The summed E-state index contributed by atoms with van der Waals surface area (Å²) in [5, 5.41) is 14.5. The van der Waals surface area contributed by atoms with Gasteiger partial charge in [0.2, 0.25) is 0 Å². The van der Waals surface area contributed by atoms with Crippen molar-refractivity contribution >= 4 is 29.3 Å². The molecule has 2 rings (SSSR count). The second-order valence-corrected chi connectivity index (χ2v) is 5.10. The third-order valence-electron chi connectivity index (χ3n) is 3.18. The van der Waals surface area contributed by atoms with Crippen LogP contribution in [0.2, 0.25) is 5.02 Å². The molecule has 5 nitrogen and oxygen atoms in total. The Balaban J connectivity index is 1.93. The quantitative estimate of drug-likeness (QED) is 0.794. The molecule has 102 valence electrons. The number of aromatic carboxylic acids is 1. The molecule has 6 heteroatoms. The molecule has 0 unspecified atom stereocenters. The normalized spacial score (nSPS) is 14.6. The van der Waals surface area contributed by atoms with Gasteiger partial charge in [-0.2, -0.15) is 0 Å². The summed E-state index contributed by atoms with van der Waals surface area (Å²) in [6.45, 7) is 0.651. The molecular formula is C13H15ClN2O3. The molecule has 0 radical (unpaired) electrons. The molecule has 1 aromatic rings. The molecule has 2 amide bonds. The molecule has 1 saturated carbocycles. The molecule has 0 aromatic heterocycles. The predicted octanol–water partition coefficient (Wildman–Crippen LogP) is 2.96. The minimum absolute atomic E-state index is 0.0433. The van der Waals surface area contributed by atoms with E-state index < -0.39 is 5.97 Å². The Kier molecular flexibility index (Phi) is 4.27. The maximum atomic E-state index is 11.6. The monoisotopic (exact) mass is 282 g/mol. The number of urea groups is 1. The first-order valence-corrected chi connectivity index (χ1v) is 6.51. The molecule has 0 bridgehead atoms. The molecule has 0 heterocycles. The van der Waals surface area contributed by atoms with Crippen molar-refractivity contribution in [2.45, 2.75) is 19.3 Å². The molecule has 0 saturated heterocycles. The number of carbonyl (C=O) groups is 2. The number of hydrogen-bond acceptors (Lipinski definition) is 2. The maximum Gasteiger partial charge on any atom is 0.335 e. The SMILES string of the molecule is O=C(NCC1CCC1)Nc1cc(Cl)cc(C(=O)O)c1. The highest BCUT2D eigenvalue weighted by Gasteiger charge is 2.18. The van der Waals surface area contributed by atoms with Crippen LogP contribution in [0.3, 0.4) is 0 Å². The molecule has 3 N–H and O–H groups in total. The van der Waals surface area contributed by atoms with Crippen LogP contribution >= 0.6 is 11.6 Å². The van der Waals surface area contributed by atoms with E-state index in [1.54, 1.807) is 0 Å². The zero-order valence-electron chi connectivity index (χ0n) is 10.3. The smallest absolute Gasteiger partial charge is 0.335 e. The molecule has 0 atom stereocenters. The lowest BCUT2D eigenvalue weighted by Crippen LogP contribution is -2.35. The van der Waals surface area contributed by atoms with Crippen LogP contribution in [-0.4, -0.2) is 23.7 Å². The Labute approximate surface area is 116 Å². The molecule has 1 aromatic carbocycles. The summed E-state index contributed by atoms with van der Waals surface area (Å²) >= 11 is 5.80. The Bertz CT molecular complexity index is 501. The summed E-state index contributed by atoms with van der Waals surface area (Å²) < 4.78 is 0. The summed E-state index contributed by atoms with van der Waals surface area (Å²) in [6.07, 6.45) is 3.53. The van der Waals surface area contributed by atoms with Gasteiger partial charge in [-0.25, -0.2) is 9.59 Å². The minimum atomic E-state index is -1.08. The number of rotatable bonds is 4. The van der Waals surface area contributed by atoms with E-state index >= 15 is 0 Å². The van der Waals surface area contributed by atoms with E-state index in [1.807, 2.05) is 0 Å². The highest BCUT2D eigenvalue weighted by Crippen LogP contribution is 2.25. The average molecular weight is 283 g/mol. The van der Waals surface area contributed by atoms with Gasteiger partial charge in [-0.15, -0.1) is 0 Å². The first-order chi connectivity index (χ1) is 9.04. The van der Waals surface area contributed by atoms with Gasteiger partial charge in [-0.1, -0.05) is 18.0 Å². The van der Waals surface area contributed by atoms with Gasteiger partial charge in [0.05, 0.1) is 5.56 Å². The number of nitrogens with one attached hydrogen (secondary N) is 2. The Hall–Kier alpha value is -1.75. The number of anilines is 1. The summed E-state index contributed by atoms with van der Waals surface area (Å²) in [4.78, 5) is 22.5. The number of carbonyl (C=O) groups excluding carboxylic acids is 1. The lowest BCUT2D eigenvalue weighted by Gasteiger charge is -2.25. The van der Waals surface area contributed by atoms with Crippen LogP contribution in [0.15, 0.2) is 18.2 Å². The number of halogens is 1. The van der Waals surface area contributed by atoms with Crippen molar-refractivity contribution in [3.8, 4) is 0 Å². The van der Waals surface area contributed by atoms with Gasteiger partial charge < -0.3 is 15.7 Å². The van der Waals surface area contributed by atoms with E-state index in [2.05, 4.69) is 10.6 Å². The van der Waals surface area contributed by atoms with Gasteiger partial charge >= 0.3 is 12.0 Å². The largest absolute Gasteiger partial charge is 0.478 e. The van der Waals surface area contributed by atoms with Gasteiger partial charge in [0.1, 0.15) is 0 Å². The van der Waals surface area contributed by atoms with Crippen LogP contribution in [0.5, 0.6) is 0 Å². The summed E-state index contributed by atoms with van der Waals surface area (Å²) in [5.41, 5.74) is 0.415. The lowest BCUT2D eigenvalue weighted by atomic mass is 9.85. The Morgan fingerprint density at radius 1 is 1.32 bits per heavy atom. The van der Waals surface area contributed by atoms with E-state index in [9.17, 15) is 9.59 Å². The molecule has 0 aliphatic heterocycles. The highest BCUT2D eigenvalue weighted by molar-refractivity contribution is 6.31. The van der Waals surface area contributed by atoms with Gasteiger partial charge in [0.15, 0.2) is 0 Å². The number of hydrogen-bond donors (Lipinski definition) is 3. The molecular weight excluding hydrogens is 268 g/mol. The van der Waals surface area contributed by atoms with Crippen LogP contribution in [0, 0.1) is 5.92 Å². The molecule has 1 aliphatic rings. The van der Waals surface area contributed by atoms with Gasteiger partial charge in [-0.05, 0) is 37.0 Å². The fourth-order valence-corrected chi connectivity index (χ4v) is 2.13. The van der Waals surface area contributed by atoms with E-state index in [4.69, 9.17) is 16.7 Å². The number of carboxylic acid groups (broad SMARTS) is 1. The predicted molar refractivity (Wildman–Crippen MR) is 72.8 cm³/mol. The highest BCUT2D eigenvalue weighted by atomic mass is 35.5. The average Bonchev–Trinajstić information content (AvgIpc) is 2.25. The van der Waals surface area contributed by atoms with Crippen LogP contribution in [0.1, 0.15) is 29.6 Å². The van der Waals surface area contributed by atoms with Crippen molar-refractivity contribution < 1.29 is 14.7 Å².